The Morgan fingerprint density at radius 3 is 3.00 bits per heavy atom. The molecule has 4 N–H and O–H groups in total. The lowest BCUT2D eigenvalue weighted by molar-refractivity contribution is -0.0266. The standard InChI is InChI=1S/C12H16N5O5P/c1-2-7-3-8(4-21-23(18,19)20)22-12(7)17-6-16-9-10(13)14-5-15-11(9)17/h2,5-8,12H,1,3-4H2,(H2,13,14,15)(H2,18,19,20)/t7-,8+,12-/m1/s1. The van der Waals surface area contributed by atoms with Crippen molar-refractivity contribution in [1.82, 2.24) is 19.5 Å². The molecule has 3 atom stereocenters. The van der Waals surface area contributed by atoms with Crippen molar-refractivity contribution in [1.29, 1.82) is 0 Å². The molecule has 0 spiro atoms. The second-order valence-corrected chi connectivity index (χ2v) is 6.39. The van der Waals surface area contributed by atoms with Gasteiger partial charge in [0.15, 0.2) is 11.5 Å². The van der Waals surface area contributed by atoms with Gasteiger partial charge in [-0.05, 0) is 6.42 Å². The van der Waals surface area contributed by atoms with Gasteiger partial charge in [0.1, 0.15) is 18.1 Å². The highest BCUT2D eigenvalue weighted by Crippen LogP contribution is 2.40. The van der Waals surface area contributed by atoms with Gasteiger partial charge in [-0.15, -0.1) is 6.58 Å². The van der Waals surface area contributed by atoms with Crippen molar-refractivity contribution in [2.75, 3.05) is 12.3 Å². The lowest BCUT2D eigenvalue weighted by Gasteiger charge is -2.18. The smallest absolute Gasteiger partial charge is 0.382 e. The number of imidazole rings is 1. The average molecular weight is 341 g/mol. The minimum Gasteiger partial charge on any atom is -0.382 e. The molecule has 0 aliphatic carbocycles. The van der Waals surface area contributed by atoms with Crippen molar-refractivity contribution >= 4 is 24.8 Å². The molecule has 1 aliphatic heterocycles. The lowest BCUT2D eigenvalue weighted by Crippen LogP contribution is -2.16. The van der Waals surface area contributed by atoms with Crippen LogP contribution in [0.4, 0.5) is 5.82 Å². The van der Waals surface area contributed by atoms with Gasteiger partial charge in [0, 0.05) is 5.92 Å². The number of aromatic nitrogens is 4. The molecule has 1 saturated heterocycles. The lowest BCUT2D eigenvalue weighted by atomic mass is 10.0. The molecule has 1 fully saturated rings. The van der Waals surface area contributed by atoms with Gasteiger partial charge in [-0.3, -0.25) is 9.09 Å². The Kier molecular flexibility index (Phi) is 4.17. The normalized spacial score (nSPS) is 25.0. The number of phosphoric acid groups is 1. The molecule has 0 saturated carbocycles. The molecule has 3 heterocycles. The SMILES string of the molecule is C=C[C@@H]1C[C@@H](COP(=O)(O)O)O[C@H]1n1cnc2c(N)ncnc21. The minimum atomic E-state index is -4.53. The minimum absolute atomic E-state index is 0.0889. The van der Waals surface area contributed by atoms with Gasteiger partial charge in [0.2, 0.25) is 0 Å². The Balaban J connectivity index is 1.84. The molecule has 3 rings (SSSR count). The van der Waals surface area contributed by atoms with Gasteiger partial charge in [-0.2, -0.15) is 0 Å². The fraction of sp³-hybridized carbons (Fsp3) is 0.417. The van der Waals surface area contributed by atoms with Crippen molar-refractivity contribution in [2.24, 2.45) is 5.92 Å². The van der Waals surface area contributed by atoms with Crippen LogP contribution in [-0.4, -0.2) is 42.0 Å². The third kappa shape index (κ3) is 3.26. The predicted octanol–water partition coefficient (Wildman–Crippen LogP) is 0.607. The summed E-state index contributed by atoms with van der Waals surface area (Å²) in [6.07, 6.45) is 4.17. The maximum Gasteiger partial charge on any atom is 0.469 e. The molecule has 0 bridgehead atoms. The first-order valence-corrected chi connectivity index (χ1v) is 8.33. The second-order valence-electron chi connectivity index (χ2n) is 5.15. The van der Waals surface area contributed by atoms with E-state index in [0.29, 0.717) is 17.6 Å². The van der Waals surface area contributed by atoms with Gasteiger partial charge < -0.3 is 20.3 Å². The topological polar surface area (TPSA) is 146 Å². The maximum atomic E-state index is 10.8. The van der Waals surface area contributed by atoms with E-state index in [1.54, 1.807) is 17.0 Å². The highest BCUT2D eigenvalue weighted by Gasteiger charge is 2.36. The zero-order valence-corrected chi connectivity index (χ0v) is 12.9. The summed E-state index contributed by atoms with van der Waals surface area (Å²) in [7, 11) is -4.53. The monoisotopic (exact) mass is 341 g/mol. The Morgan fingerprint density at radius 1 is 1.52 bits per heavy atom. The molecule has 10 nitrogen and oxygen atoms in total. The summed E-state index contributed by atoms with van der Waals surface area (Å²) < 4.78 is 22.9. The van der Waals surface area contributed by atoms with Crippen molar-refractivity contribution in [3.05, 3.63) is 25.3 Å². The second kappa shape index (κ2) is 5.99. The number of ether oxygens (including phenoxy) is 1. The van der Waals surface area contributed by atoms with Gasteiger partial charge in [-0.25, -0.2) is 19.5 Å². The van der Waals surface area contributed by atoms with E-state index >= 15 is 0 Å². The van der Waals surface area contributed by atoms with Crippen molar-refractivity contribution in [3.63, 3.8) is 0 Å². The van der Waals surface area contributed by atoms with Crippen LogP contribution in [0.25, 0.3) is 11.2 Å². The van der Waals surface area contributed by atoms with Gasteiger partial charge >= 0.3 is 7.82 Å². The van der Waals surface area contributed by atoms with E-state index in [1.807, 2.05) is 0 Å². The first-order chi connectivity index (χ1) is 10.9. The van der Waals surface area contributed by atoms with E-state index in [-0.39, 0.29) is 18.3 Å². The number of hydrogen-bond donors (Lipinski definition) is 3. The van der Waals surface area contributed by atoms with Crippen LogP contribution in [0.5, 0.6) is 0 Å². The van der Waals surface area contributed by atoms with Crippen LogP contribution in [0.15, 0.2) is 25.3 Å². The Morgan fingerprint density at radius 2 is 2.30 bits per heavy atom. The van der Waals surface area contributed by atoms with E-state index in [0.717, 1.165) is 0 Å². The van der Waals surface area contributed by atoms with Crippen LogP contribution in [0, 0.1) is 5.92 Å². The van der Waals surface area contributed by atoms with Crippen LogP contribution in [-0.2, 0) is 13.8 Å². The summed E-state index contributed by atoms with van der Waals surface area (Å²) in [5, 5.41) is 0. The van der Waals surface area contributed by atoms with Crippen molar-refractivity contribution in [3.8, 4) is 0 Å². The number of phosphoric ester groups is 1. The molecule has 23 heavy (non-hydrogen) atoms. The molecule has 0 radical (unpaired) electrons. The van der Waals surface area contributed by atoms with Crippen molar-refractivity contribution < 1.29 is 23.6 Å². The fourth-order valence-electron chi connectivity index (χ4n) is 2.60. The van der Waals surface area contributed by atoms with Crippen LogP contribution < -0.4 is 5.73 Å². The number of rotatable bonds is 5. The molecule has 0 amide bonds. The molecule has 0 aromatic carbocycles. The Hall–Kier alpha value is -1.84. The zero-order valence-electron chi connectivity index (χ0n) is 12.0. The van der Waals surface area contributed by atoms with Crippen LogP contribution in [0.2, 0.25) is 0 Å². The molecule has 2 aromatic heterocycles. The number of nitrogens with two attached hydrogens (primary N) is 1. The summed E-state index contributed by atoms with van der Waals surface area (Å²) in [6.45, 7) is 3.56. The van der Waals surface area contributed by atoms with Crippen molar-refractivity contribution in [2.45, 2.75) is 18.8 Å². The highest BCUT2D eigenvalue weighted by molar-refractivity contribution is 7.46. The fourth-order valence-corrected chi connectivity index (χ4v) is 2.96. The predicted molar refractivity (Wildman–Crippen MR) is 79.9 cm³/mol. The van der Waals surface area contributed by atoms with E-state index in [2.05, 4.69) is 26.1 Å². The Labute approximate surface area is 131 Å². The van der Waals surface area contributed by atoms with E-state index in [4.69, 9.17) is 20.3 Å². The number of anilines is 1. The number of fused-ring (bicyclic) bond motifs is 1. The summed E-state index contributed by atoms with van der Waals surface area (Å²) in [4.78, 5) is 29.8. The molecule has 124 valence electrons. The quantitative estimate of drug-likeness (QED) is 0.525. The largest absolute Gasteiger partial charge is 0.469 e. The zero-order chi connectivity index (χ0) is 16.6. The third-order valence-electron chi connectivity index (χ3n) is 3.63. The summed E-state index contributed by atoms with van der Waals surface area (Å²) in [5.74, 6) is 0.178. The van der Waals surface area contributed by atoms with Crippen LogP contribution in [0.1, 0.15) is 12.6 Å². The molecule has 2 aromatic rings. The van der Waals surface area contributed by atoms with Crippen LogP contribution >= 0.6 is 7.82 Å². The Bertz CT molecular complexity index is 774. The highest BCUT2D eigenvalue weighted by atomic mass is 31.2. The van der Waals surface area contributed by atoms with E-state index in [1.165, 1.54) is 6.33 Å². The van der Waals surface area contributed by atoms with Crippen LogP contribution in [0.3, 0.4) is 0 Å². The van der Waals surface area contributed by atoms with Gasteiger partial charge in [0.25, 0.3) is 0 Å². The first kappa shape index (κ1) is 16.0. The maximum absolute atomic E-state index is 10.8. The summed E-state index contributed by atoms with van der Waals surface area (Å²) in [5.41, 5.74) is 6.75. The molecular weight excluding hydrogens is 325 g/mol. The molecular formula is C12H16N5O5P. The molecule has 11 heteroatoms. The van der Waals surface area contributed by atoms with E-state index < -0.39 is 20.2 Å². The third-order valence-corrected chi connectivity index (χ3v) is 4.11. The number of hydrogen-bond acceptors (Lipinski definition) is 7. The van der Waals surface area contributed by atoms with E-state index in [9.17, 15) is 4.57 Å². The number of nitrogens with zero attached hydrogens (tertiary/aromatic N) is 4. The molecule has 1 aliphatic rings. The summed E-state index contributed by atoms with van der Waals surface area (Å²) >= 11 is 0. The van der Waals surface area contributed by atoms with Gasteiger partial charge in [0.05, 0.1) is 19.0 Å². The van der Waals surface area contributed by atoms with Gasteiger partial charge in [-0.1, -0.05) is 6.08 Å². The first-order valence-electron chi connectivity index (χ1n) is 6.80. The average Bonchev–Trinajstić information content (AvgIpc) is 3.08. The summed E-state index contributed by atoms with van der Waals surface area (Å²) in [6, 6.07) is 0. The molecule has 0 unspecified atom stereocenters. The number of nitrogen functional groups attached to an aromatic ring is 1.